The van der Waals surface area contributed by atoms with Gasteiger partial charge in [-0.2, -0.15) is 0 Å². The van der Waals surface area contributed by atoms with E-state index in [0.29, 0.717) is 5.56 Å². The summed E-state index contributed by atoms with van der Waals surface area (Å²) in [5, 5.41) is 0. The largest absolute Gasteiger partial charge is 0.311 e. The monoisotopic (exact) mass is 826 g/mol. The lowest BCUT2D eigenvalue weighted by molar-refractivity contribution is 0.332. The Morgan fingerprint density at radius 1 is 0.492 bits per heavy atom. The number of anilines is 6. The second-order valence-electron chi connectivity index (χ2n) is 22.0. The summed E-state index contributed by atoms with van der Waals surface area (Å²) in [6.45, 7) is 23.0. The Hall–Kier alpha value is -5.80. The summed E-state index contributed by atoms with van der Waals surface area (Å²) >= 11 is 0. The van der Waals surface area contributed by atoms with Crippen LogP contribution in [-0.4, -0.2) is 6.71 Å². The molecule has 0 atom stereocenters. The van der Waals surface area contributed by atoms with Crippen molar-refractivity contribution in [2.24, 2.45) is 0 Å². The average Bonchev–Trinajstić information content (AvgIpc) is 3.27. The number of hydrogen-bond acceptors (Lipinski definition) is 2. The van der Waals surface area contributed by atoms with Crippen LogP contribution in [0.1, 0.15) is 120 Å². The van der Waals surface area contributed by atoms with Crippen molar-refractivity contribution in [3.05, 3.63) is 173 Å². The number of aryl methyl sites for hydroxylation is 2. The van der Waals surface area contributed by atoms with E-state index in [4.69, 9.17) is 4.11 Å². The van der Waals surface area contributed by atoms with Gasteiger partial charge < -0.3 is 9.80 Å². The zero-order chi connectivity index (χ0) is 46.9. The Bertz CT molecular complexity index is 3060. The maximum Gasteiger partial charge on any atom is 0.252 e. The number of rotatable bonds is 4. The van der Waals surface area contributed by atoms with Gasteiger partial charge in [-0.3, -0.25) is 0 Å². The first-order valence-corrected chi connectivity index (χ1v) is 23.0. The highest BCUT2D eigenvalue weighted by molar-refractivity contribution is 7.00. The van der Waals surface area contributed by atoms with E-state index in [1.54, 1.807) is 0 Å². The molecule has 0 spiro atoms. The minimum absolute atomic E-state index is 0.0309. The molecule has 7 aromatic carbocycles. The van der Waals surface area contributed by atoms with Crippen molar-refractivity contribution in [2.45, 2.75) is 118 Å². The van der Waals surface area contributed by atoms with E-state index < -0.39 is 6.85 Å². The molecule has 10 rings (SSSR count). The summed E-state index contributed by atoms with van der Waals surface area (Å²) in [5.74, 6) is 0. The molecule has 0 radical (unpaired) electrons. The Morgan fingerprint density at radius 3 is 1.60 bits per heavy atom. The highest BCUT2D eigenvalue weighted by Crippen LogP contribution is 2.52. The Balaban J connectivity index is 1.36. The van der Waals surface area contributed by atoms with Crippen LogP contribution in [0.25, 0.3) is 22.3 Å². The highest BCUT2D eigenvalue weighted by atomic mass is 15.2. The molecule has 0 fully saturated rings. The van der Waals surface area contributed by atoms with Gasteiger partial charge in [-0.05, 0) is 163 Å². The normalized spacial score (nSPS) is 16.9. The molecule has 3 heteroatoms. The molecule has 0 saturated carbocycles. The lowest BCUT2D eigenvalue weighted by atomic mass is 9.33. The maximum atomic E-state index is 9.11. The van der Waals surface area contributed by atoms with Crippen molar-refractivity contribution in [1.29, 1.82) is 0 Å². The van der Waals surface area contributed by atoms with E-state index in [2.05, 4.69) is 213 Å². The van der Waals surface area contributed by atoms with Crippen molar-refractivity contribution >= 4 is 57.2 Å². The van der Waals surface area contributed by atoms with Crippen LogP contribution < -0.4 is 26.2 Å². The molecule has 1 aliphatic carbocycles. The smallest absolute Gasteiger partial charge is 0.252 e. The first-order valence-electron chi connectivity index (χ1n) is 24.5. The molecule has 0 unspecified atom stereocenters. The van der Waals surface area contributed by atoms with Crippen molar-refractivity contribution in [1.82, 2.24) is 0 Å². The molecule has 2 aliphatic heterocycles. The average molecular weight is 826 g/mol. The first kappa shape index (κ1) is 37.7. The highest BCUT2D eigenvalue weighted by Gasteiger charge is 2.47. The van der Waals surface area contributed by atoms with Crippen LogP contribution >= 0.6 is 0 Å². The van der Waals surface area contributed by atoms with Gasteiger partial charge in [-0.25, -0.2) is 0 Å². The molecule has 0 bridgehead atoms. The van der Waals surface area contributed by atoms with Crippen LogP contribution in [0, 0.1) is 13.8 Å². The SMILES string of the molecule is [2H]C([2H])([2H])c1cc2c3c(c1)N(c1ccc(C(C)(C)C)cc1-c1ccccc1)c1cc4c(cc1B3c1cc(C(C)(C)C)ccc1N2c1ccc(-c2ccccc2)cc1C)C(C)(C)CCC4(C)C. The van der Waals surface area contributed by atoms with Crippen molar-refractivity contribution < 1.29 is 4.11 Å². The van der Waals surface area contributed by atoms with Gasteiger partial charge in [0.2, 0.25) is 0 Å². The topological polar surface area (TPSA) is 6.48 Å². The van der Waals surface area contributed by atoms with Crippen molar-refractivity contribution in [3.8, 4) is 22.3 Å². The summed E-state index contributed by atoms with van der Waals surface area (Å²) in [7, 11) is 0. The number of benzene rings is 7. The molecule has 2 heterocycles. The van der Waals surface area contributed by atoms with Gasteiger partial charge in [0, 0.05) is 38.1 Å². The lowest BCUT2D eigenvalue weighted by Gasteiger charge is -2.48. The van der Waals surface area contributed by atoms with Crippen LogP contribution in [-0.2, 0) is 21.7 Å². The first-order chi connectivity index (χ1) is 31.0. The molecule has 0 amide bonds. The zero-order valence-electron chi connectivity index (χ0n) is 42.2. The second-order valence-corrected chi connectivity index (χ2v) is 22.0. The van der Waals surface area contributed by atoms with Crippen LogP contribution in [0.2, 0.25) is 0 Å². The number of nitrogens with zero attached hydrogens (tertiary/aromatic N) is 2. The predicted octanol–water partition coefficient (Wildman–Crippen LogP) is 14.7. The summed E-state index contributed by atoms with van der Waals surface area (Å²) in [5.41, 5.74) is 20.8. The van der Waals surface area contributed by atoms with E-state index in [0.717, 1.165) is 80.2 Å². The molecule has 316 valence electrons. The van der Waals surface area contributed by atoms with E-state index in [9.17, 15) is 0 Å². The molecule has 63 heavy (non-hydrogen) atoms. The number of hydrogen-bond donors (Lipinski definition) is 0. The maximum absolute atomic E-state index is 9.11. The third kappa shape index (κ3) is 6.77. The zero-order valence-corrected chi connectivity index (χ0v) is 39.2. The van der Waals surface area contributed by atoms with E-state index >= 15 is 0 Å². The summed E-state index contributed by atoms with van der Waals surface area (Å²) < 4.78 is 27.3. The fraction of sp³-hybridized carbons (Fsp3) is 0.300. The van der Waals surface area contributed by atoms with Gasteiger partial charge in [0.05, 0.1) is 5.69 Å². The van der Waals surface area contributed by atoms with Gasteiger partial charge >= 0.3 is 0 Å². The van der Waals surface area contributed by atoms with E-state index in [-0.39, 0.29) is 28.4 Å². The number of fused-ring (bicyclic) bond motifs is 5. The third-order valence-electron chi connectivity index (χ3n) is 14.6. The van der Waals surface area contributed by atoms with Gasteiger partial charge in [0.1, 0.15) is 0 Å². The quantitative estimate of drug-likeness (QED) is 0.163. The predicted molar refractivity (Wildman–Crippen MR) is 273 cm³/mol. The van der Waals surface area contributed by atoms with E-state index in [1.807, 2.05) is 12.1 Å². The molecule has 0 N–H and O–H groups in total. The third-order valence-corrected chi connectivity index (χ3v) is 14.6. The summed E-state index contributed by atoms with van der Waals surface area (Å²) in [4.78, 5) is 4.83. The lowest BCUT2D eigenvalue weighted by Crippen LogP contribution is -2.62. The molecule has 7 aromatic rings. The second kappa shape index (κ2) is 14.4. The Labute approximate surface area is 382 Å². The fourth-order valence-corrected chi connectivity index (χ4v) is 10.8. The van der Waals surface area contributed by atoms with Crippen LogP contribution in [0.3, 0.4) is 0 Å². The molecule has 3 aliphatic rings. The van der Waals surface area contributed by atoms with Crippen molar-refractivity contribution in [2.75, 3.05) is 9.80 Å². The standard InChI is InChI=1S/C60H63BN2/c1-38-31-54-56-55(32-38)63(51-27-24-43(57(3,4)5)34-45(51)41-21-17-14-18-22-41)53-37-47-46(59(9,10)29-30-60(47,11)12)36-49(53)61(56)48-35-44(58(6,7)8)25-28-52(48)62(54)50-26-23-42(33-39(50)2)40-19-15-13-16-20-40/h13-28,31-37H,29-30H2,1-12H3/i1D3. The minimum atomic E-state index is -2.37. The summed E-state index contributed by atoms with van der Waals surface area (Å²) in [6.07, 6.45) is 2.19. The van der Waals surface area contributed by atoms with Gasteiger partial charge in [0.25, 0.3) is 6.71 Å². The van der Waals surface area contributed by atoms with Crippen molar-refractivity contribution in [3.63, 3.8) is 0 Å². The molecular formula is C60H63BN2. The Kier molecular flexibility index (Phi) is 8.60. The van der Waals surface area contributed by atoms with Crippen LogP contribution in [0.15, 0.2) is 140 Å². The van der Waals surface area contributed by atoms with Gasteiger partial charge in [-0.1, -0.05) is 160 Å². The Morgan fingerprint density at radius 2 is 1.02 bits per heavy atom. The van der Waals surface area contributed by atoms with Crippen LogP contribution in [0.5, 0.6) is 0 Å². The van der Waals surface area contributed by atoms with E-state index in [1.165, 1.54) is 33.2 Å². The molecule has 2 nitrogen and oxygen atoms in total. The van der Waals surface area contributed by atoms with Gasteiger partial charge in [-0.15, -0.1) is 0 Å². The fourth-order valence-electron chi connectivity index (χ4n) is 10.8. The van der Waals surface area contributed by atoms with Crippen LogP contribution in [0.4, 0.5) is 34.1 Å². The van der Waals surface area contributed by atoms with Gasteiger partial charge in [0.15, 0.2) is 0 Å². The molecule has 0 saturated heterocycles. The molecular weight excluding hydrogens is 759 g/mol. The minimum Gasteiger partial charge on any atom is -0.311 e. The summed E-state index contributed by atoms with van der Waals surface area (Å²) in [6, 6.07) is 51.1. The molecule has 0 aromatic heterocycles.